The SMILES string of the molecule is Cc1cc(S(=O)(=O)Nc2cccc(F)n2)ncc1CCc1c(F)cccc1CN1CCC1. The number of aryl methyl sites for hydroxylation is 2. The van der Waals surface area contributed by atoms with E-state index < -0.39 is 16.0 Å². The number of hydrogen-bond acceptors (Lipinski definition) is 5. The van der Waals surface area contributed by atoms with Gasteiger partial charge in [-0.25, -0.2) is 14.4 Å². The number of nitrogens with one attached hydrogen (secondary N) is 1. The van der Waals surface area contributed by atoms with E-state index in [1.807, 2.05) is 6.07 Å². The topological polar surface area (TPSA) is 75.2 Å². The highest BCUT2D eigenvalue weighted by molar-refractivity contribution is 7.92. The minimum absolute atomic E-state index is 0.122. The molecule has 3 heterocycles. The van der Waals surface area contributed by atoms with Crippen LogP contribution in [0.25, 0.3) is 0 Å². The van der Waals surface area contributed by atoms with Gasteiger partial charge < -0.3 is 0 Å². The summed E-state index contributed by atoms with van der Waals surface area (Å²) in [4.78, 5) is 9.88. The highest BCUT2D eigenvalue weighted by atomic mass is 32.2. The molecule has 1 aliphatic rings. The van der Waals surface area contributed by atoms with Crippen molar-refractivity contribution in [1.82, 2.24) is 14.9 Å². The third-order valence-electron chi connectivity index (χ3n) is 5.63. The van der Waals surface area contributed by atoms with Crippen LogP contribution in [0.3, 0.4) is 0 Å². The van der Waals surface area contributed by atoms with Crippen molar-refractivity contribution in [3.05, 3.63) is 82.7 Å². The van der Waals surface area contributed by atoms with E-state index in [2.05, 4.69) is 19.6 Å². The fourth-order valence-corrected chi connectivity index (χ4v) is 4.71. The summed E-state index contributed by atoms with van der Waals surface area (Å²) in [5.41, 5.74) is 3.25. The standard InChI is InChI=1S/C23H24F2N4O2S/c1-16-13-23(32(30,31)28-22-8-3-7-21(25)27-22)26-14-17(16)9-10-19-18(5-2-6-20(19)24)15-29-11-4-12-29/h2-3,5-8,13-14H,4,9-12,15H2,1H3,(H,27,28). The first kappa shape index (κ1) is 22.3. The Hall–Kier alpha value is -2.91. The van der Waals surface area contributed by atoms with E-state index >= 15 is 0 Å². The van der Waals surface area contributed by atoms with Gasteiger partial charge in [0.05, 0.1) is 0 Å². The van der Waals surface area contributed by atoms with Crippen LogP contribution in [0, 0.1) is 18.7 Å². The van der Waals surface area contributed by atoms with Gasteiger partial charge in [0.2, 0.25) is 5.95 Å². The average molecular weight is 459 g/mol. The number of likely N-dealkylation sites (tertiary alicyclic amines) is 1. The van der Waals surface area contributed by atoms with Gasteiger partial charge >= 0.3 is 0 Å². The number of anilines is 1. The molecule has 1 aliphatic heterocycles. The lowest BCUT2D eigenvalue weighted by Gasteiger charge is -2.31. The number of hydrogen-bond donors (Lipinski definition) is 1. The summed E-state index contributed by atoms with van der Waals surface area (Å²) in [5, 5.41) is -0.186. The van der Waals surface area contributed by atoms with Gasteiger partial charge in [-0.2, -0.15) is 12.8 Å². The van der Waals surface area contributed by atoms with Gasteiger partial charge in [-0.3, -0.25) is 9.62 Å². The van der Waals surface area contributed by atoms with E-state index in [0.29, 0.717) is 18.4 Å². The summed E-state index contributed by atoms with van der Waals surface area (Å²) >= 11 is 0. The number of sulfonamides is 1. The number of pyridine rings is 2. The Balaban J connectivity index is 1.48. The summed E-state index contributed by atoms with van der Waals surface area (Å²) in [6.07, 6.45) is 3.70. The van der Waals surface area contributed by atoms with Crippen molar-refractivity contribution in [3.8, 4) is 0 Å². The molecule has 4 rings (SSSR count). The molecule has 0 unspecified atom stereocenters. The molecule has 168 valence electrons. The van der Waals surface area contributed by atoms with Gasteiger partial charge in [-0.1, -0.05) is 18.2 Å². The summed E-state index contributed by atoms with van der Waals surface area (Å²) in [7, 11) is -4.02. The molecular formula is C23H24F2N4O2S. The van der Waals surface area contributed by atoms with Gasteiger partial charge in [-0.15, -0.1) is 0 Å². The van der Waals surface area contributed by atoms with Gasteiger partial charge in [0.25, 0.3) is 10.0 Å². The highest BCUT2D eigenvalue weighted by Crippen LogP contribution is 2.22. The summed E-state index contributed by atoms with van der Waals surface area (Å²) in [6.45, 7) is 4.60. The van der Waals surface area contributed by atoms with Gasteiger partial charge in [0.15, 0.2) is 5.03 Å². The molecule has 0 aliphatic carbocycles. The Bertz CT molecular complexity index is 1230. The van der Waals surface area contributed by atoms with Crippen LogP contribution in [0.15, 0.2) is 53.7 Å². The zero-order chi connectivity index (χ0) is 22.7. The van der Waals surface area contributed by atoms with Crippen LogP contribution in [0.2, 0.25) is 0 Å². The smallest absolute Gasteiger partial charge is 0.280 e. The first-order chi connectivity index (χ1) is 15.3. The van der Waals surface area contributed by atoms with Crippen LogP contribution in [-0.2, 0) is 29.4 Å². The molecule has 0 atom stereocenters. The molecular weight excluding hydrogens is 434 g/mol. The second-order valence-electron chi connectivity index (χ2n) is 7.91. The van der Waals surface area contributed by atoms with E-state index in [1.165, 1.54) is 36.9 Å². The second kappa shape index (κ2) is 9.30. The first-order valence-corrected chi connectivity index (χ1v) is 11.9. The predicted molar refractivity (Wildman–Crippen MR) is 118 cm³/mol. The Morgan fingerprint density at radius 1 is 1.06 bits per heavy atom. The van der Waals surface area contributed by atoms with E-state index in [4.69, 9.17) is 0 Å². The maximum atomic E-state index is 14.5. The normalized spacial score (nSPS) is 14.2. The Kier molecular flexibility index (Phi) is 6.48. The zero-order valence-electron chi connectivity index (χ0n) is 17.7. The molecule has 2 aromatic heterocycles. The second-order valence-corrected chi connectivity index (χ2v) is 9.54. The highest BCUT2D eigenvalue weighted by Gasteiger charge is 2.20. The lowest BCUT2D eigenvalue weighted by molar-refractivity contribution is 0.172. The summed E-state index contributed by atoms with van der Waals surface area (Å²) in [6, 6.07) is 10.5. The van der Waals surface area contributed by atoms with Gasteiger partial charge in [0, 0.05) is 12.7 Å². The van der Waals surface area contributed by atoms with Crippen molar-refractivity contribution in [2.75, 3.05) is 17.8 Å². The molecule has 1 N–H and O–H groups in total. The van der Waals surface area contributed by atoms with E-state index in [9.17, 15) is 17.2 Å². The molecule has 1 aromatic carbocycles. The fraction of sp³-hybridized carbons (Fsp3) is 0.304. The molecule has 1 fully saturated rings. The van der Waals surface area contributed by atoms with Crippen LogP contribution < -0.4 is 4.72 Å². The maximum absolute atomic E-state index is 14.5. The molecule has 0 amide bonds. The van der Waals surface area contributed by atoms with Crippen molar-refractivity contribution >= 4 is 15.8 Å². The van der Waals surface area contributed by atoms with Gasteiger partial charge in [-0.05, 0) is 85.8 Å². The number of rotatable bonds is 8. The molecule has 32 heavy (non-hydrogen) atoms. The zero-order valence-corrected chi connectivity index (χ0v) is 18.5. The Morgan fingerprint density at radius 2 is 1.84 bits per heavy atom. The predicted octanol–water partition coefficient (Wildman–Crippen LogP) is 3.85. The molecule has 1 saturated heterocycles. The van der Waals surface area contributed by atoms with Crippen molar-refractivity contribution < 1.29 is 17.2 Å². The number of benzene rings is 1. The van der Waals surface area contributed by atoms with Crippen molar-refractivity contribution in [2.24, 2.45) is 0 Å². The average Bonchev–Trinajstić information content (AvgIpc) is 2.70. The molecule has 9 heteroatoms. The van der Waals surface area contributed by atoms with E-state index in [0.717, 1.165) is 42.4 Å². The minimum atomic E-state index is -4.02. The fourth-order valence-electron chi connectivity index (χ4n) is 3.69. The number of aromatic nitrogens is 2. The number of nitrogens with zero attached hydrogens (tertiary/aromatic N) is 3. The monoisotopic (exact) mass is 458 g/mol. The van der Waals surface area contributed by atoms with E-state index in [-0.39, 0.29) is 16.7 Å². The molecule has 6 nitrogen and oxygen atoms in total. The lowest BCUT2D eigenvalue weighted by atomic mass is 9.97. The van der Waals surface area contributed by atoms with Crippen LogP contribution in [0.5, 0.6) is 0 Å². The van der Waals surface area contributed by atoms with Crippen LogP contribution in [-0.4, -0.2) is 36.4 Å². The molecule has 0 radical (unpaired) electrons. The third kappa shape index (κ3) is 5.11. The molecule has 3 aromatic rings. The van der Waals surface area contributed by atoms with E-state index in [1.54, 1.807) is 13.0 Å². The largest absolute Gasteiger partial charge is 0.299 e. The van der Waals surface area contributed by atoms with Crippen molar-refractivity contribution in [2.45, 2.75) is 37.8 Å². The lowest BCUT2D eigenvalue weighted by Crippen LogP contribution is -2.36. The third-order valence-corrected chi connectivity index (χ3v) is 6.88. The van der Waals surface area contributed by atoms with Crippen molar-refractivity contribution in [3.63, 3.8) is 0 Å². The summed E-state index contributed by atoms with van der Waals surface area (Å²) in [5.74, 6) is -1.13. The molecule has 0 bridgehead atoms. The molecule has 0 spiro atoms. The van der Waals surface area contributed by atoms with Crippen LogP contribution >= 0.6 is 0 Å². The Morgan fingerprint density at radius 3 is 2.53 bits per heavy atom. The number of halogens is 2. The Labute approximate surface area is 186 Å². The van der Waals surface area contributed by atoms with Gasteiger partial charge in [0.1, 0.15) is 11.6 Å². The molecule has 0 saturated carbocycles. The van der Waals surface area contributed by atoms with Crippen LogP contribution in [0.1, 0.15) is 28.7 Å². The minimum Gasteiger partial charge on any atom is -0.299 e. The van der Waals surface area contributed by atoms with Crippen molar-refractivity contribution in [1.29, 1.82) is 0 Å². The quantitative estimate of drug-likeness (QED) is 0.519. The van der Waals surface area contributed by atoms with Crippen LogP contribution in [0.4, 0.5) is 14.6 Å². The summed E-state index contributed by atoms with van der Waals surface area (Å²) < 4.78 is 55.2. The first-order valence-electron chi connectivity index (χ1n) is 10.4. The maximum Gasteiger partial charge on any atom is 0.280 e.